The largest absolute Gasteiger partial charge is 0.409 e. The minimum atomic E-state index is -0.367. The maximum atomic E-state index is 13.3. The van der Waals surface area contributed by atoms with Crippen LogP contribution in [0.5, 0.6) is 0 Å². The molecule has 0 aromatic heterocycles. The molecule has 1 aromatic rings. The van der Waals surface area contributed by atoms with E-state index in [4.69, 9.17) is 22.5 Å². The van der Waals surface area contributed by atoms with Crippen LogP contribution in [0.4, 0.5) is 10.1 Å². The summed E-state index contributed by atoms with van der Waals surface area (Å²) in [6, 6.07) is 4.54. The second-order valence-corrected chi connectivity index (χ2v) is 3.98. The van der Waals surface area contributed by atoms with Gasteiger partial charge in [-0.05, 0) is 25.0 Å². The zero-order valence-electron chi connectivity index (χ0n) is 9.29. The lowest BCUT2D eigenvalue weighted by atomic mass is 10.2. The van der Waals surface area contributed by atoms with Crippen molar-refractivity contribution < 1.29 is 9.60 Å². The predicted octanol–water partition coefficient (Wildman–Crippen LogP) is 2.81. The molecule has 0 spiro atoms. The van der Waals surface area contributed by atoms with Gasteiger partial charge in [0.1, 0.15) is 11.7 Å². The third-order valence-corrected chi connectivity index (χ3v) is 2.57. The van der Waals surface area contributed by atoms with Gasteiger partial charge in [0.05, 0.1) is 10.7 Å². The molecule has 0 saturated carbocycles. The van der Waals surface area contributed by atoms with E-state index in [0.29, 0.717) is 23.7 Å². The number of rotatable bonds is 6. The van der Waals surface area contributed by atoms with Crippen molar-refractivity contribution in [3.05, 3.63) is 29.0 Å². The monoisotopic (exact) mass is 259 g/mol. The number of nitrogens with one attached hydrogen (secondary N) is 1. The van der Waals surface area contributed by atoms with Crippen molar-refractivity contribution in [1.82, 2.24) is 0 Å². The summed E-state index contributed by atoms with van der Waals surface area (Å²) in [5, 5.41) is 14.5. The Kier molecular flexibility index (Phi) is 5.56. The standard InChI is InChI=1S/C11H15ClFN3O/c12-8-4-3-5-9(13)11(8)15-7-2-1-6-10(14)16-17/h3-5,15,17H,1-2,6-7H2,(H2,14,16). The van der Waals surface area contributed by atoms with E-state index >= 15 is 0 Å². The Bertz CT molecular complexity index is 378. The van der Waals surface area contributed by atoms with Crippen LogP contribution in [0.2, 0.25) is 5.02 Å². The molecule has 6 heteroatoms. The molecular weight excluding hydrogens is 245 g/mol. The molecule has 94 valence electrons. The minimum Gasteiger partial charge on any atom is -0.409 e. The first kappa shape index (κ1) is 13.6. The van der Waals surface area contributed by atoms with Crippen molar-refractivity contribution in [2.45, 2.75) is 19.3 Å². The van der Waals surface area contributed by atoms with Gasteiger partial charge < -0.3 is 16.3 Å². The smallest absolute Gasteiger partial charge is 0.147 e. The first-order valence-electron chi connectivity index (χ1n) is 5.29. The summed E-state index contributed by atoms with van der Waals surface area (Å²) in [6.07, 6.45) is 2.05. The Labute approximate surface area is 104 Å². The molecule has 0 aliphatic rings. The van der Waals surface area contributed by atoms with Gasteiger partial charge in [-0.2, -0.15) is 0 Å². The summed E-state index contributed by atoms with van der Waals surface area (Å²) < 4.78 is 13.3. The molecular formula is C11H15ClFN3O. The van der Waals surface area contributed by atoms with Crippen LogP contribution >= 0.6 is 11.6 Å². The van der Waals surface area contributed by atoms with E-state index in [1.165, 1.54) is 6.07 Å². The third-order valence-electron chi connectivity index (χ3n) is 2.25. The van der Waals surface area contributed by atoms with Gasteiger partial charge in [0.15, 0.2) is 0 Å². The van der Waals surface area contributed by atoms with Gasteiger partial charge >= 0.3 is 0 Å². The van der Waals surface area contributed by atoms with E-state index in [1.807, 2.05) is 0 Å². The van der Waals surface area contributed by atoms with Crippen LogP contribution in [-0.2, 0) is 0 Å². The summed E-state index contributed by atoms with van der Waals surface area (Å²) in [7, 11) is 0. The second-order valence-electron chi connectivity index (χ2n) is 3.57. The van der Waals surface area contributed by atoms with E-state index in [2.05, 4.69) is 10.5 Å². The highest BCUT2D eigenvalue weighted by Crippen LogP contribution is 2.24. The minimum absolute atomic E-state index is 0.203. The van der Waals surface area contributed by atoms with Gasteiger partial charge in [-0.1, -0.05) is 22.8 Å². The van der Waals surface area contributed by atoms with Crippen molar-refractivity contribution >= 4 is 23.1 Å². The highest BCUT2D eigenvalue weighted by Gasteiger charge is 2.05. The maximum absolute atomic E-state index is 13.3. The number of unbranched alkanes of at least 4 members (excludes halogenated alkanes) is 1. The molecule has 4 nitrogen and oxygen atoms in total. The van der Waals surface area contributed by atoms with Crippen molar-refractivity contribution in [2.75, 3.05) is 11.9 Å². The van der Waals surface area contributed by atoms with Gasteiger partial charge in [-0.15, -0.1) is 0 Å². The van der Waals surface area contributed by atoms with Crippen molar-refractivity contribution in [1.29, 1.82) is 0 Å². The van der Waals surface area contributed by atoms with Crippen molar-refractivity contribution in [3.63, 3.8) is 0 Å². The van der Waals surface area contributed by atoms with E-state index in [0.717, 1.165) is 12.8 Å². The molecule has 0 bridgehead atoms. The summed E-state index contributed by atoms with van der Waals surface area (Å²) in [5.74, 6) is -0.164. The topological polar surface area (TPSA) is 70.6 Å². The molecule has 0 unspecified atom stereocenters. The molecule has 0 aliphatic carbocycles. The number of para-hydroxylation sites is 1. The van der Waals surface area contributed by atoms with E-state index in [1.54, 1.807) is 12.1 Å². The fraction of sp³-hybridized carbons (Fsp3) is 0.364. The lowest BCUT2D eigenvalue weighted by Crippen LogP contribution is -2.12. The number of amidine groups is 1. The Hall–Kier alpha value is -1.49. The zero-order valence-corrected chi connectivity index (χ0v) is 10.0. The number of hydrogen-bond donors (Lipinski definition) is 3. The van der Waals surface area contributed by atoms with Gasteiger partial charge in [0.25, 0.3) is 0 Å². The van der Waals surface area contributed by atoms with E-state index < -0.39 is 0 Å². The van der Waals surface area contributed by atoms with E-state index in [-0.39, 0.29) is 11.7 Å². The first-order chi connectivity index (χ1) is 8.15. The number of oxime groups is 1. The number of benzene rings is 1. The van der Waals surface area contributed by atoms with Gasteiger partial charge in [-0.3, -0.25) is 0 Å². The fourth-order valence-corrected chi connectivity index (χ4v) is 1.59. The van der Waals surface area contributed by atoms with Gasteiger partial charge in [0, 0.05) is 13.0 Å². The van der Waals surface area contributed by atoms with Gasteiger partial charge in [-0.25, -0.2) is 4.39 Å². The second kappa shape index (κ2) is 6.96. The fourth-order valence-electron chi connectivity index (χ4n) is 1.36. The molecule has 0 heterocycles. The van der Waals surface area contributed by atoms with Crippen LogP contribution in [0.3, 0.4) is 0 Å². The quantitative estimate of drug-likeness (QED) is 0.242. The van der Waals surface area contributed by atoms with Crippen LogP contribution in [0.25, 0.3) is 0 Å². The molecule has 0 saturated heterocycles. The first-order valence-corrected chi connectivity index (χ1v) is 5.67. The zero-order chi connectivity index (χ0) is 12.7. The molecule has 1 rings (SSSR count). The molecule has 0 amide bonds. The number of nitrogens with zero attached hydrogens (tertiary/aromatic N) is 1. The molecule has 0 atom stereocenters. The Morgan fingerprint density at radius 2 is 2.24 bits per heavy atom. The third kappa shape index (κ3) is 4.48. The van der Waals surface area contributed by atoms with Gasteiger partial charge in [0.2, 0.25) is 0 Å². The SMILES string of the molecule is N/C(CCCCNc1c(F)cccc1Cl)=N/O. The number of anilines is 1. The molecule has 17 heavy (non-hydrogen) atoms. The molecule has 0 aliphatic heterocycles. The lowest BCUT2D eigenvalue weighted by molar-refractivity contribution is 0.316. The highest BCUT2D eigenvalue weighted by atomic mass is 35.5. The van der Waals surface area contributed by atoms with Crippen LogP contribution < -0.4 is 11.1 Å². The summed E-state index contributed by atoms with van der Waals surface area (Å²) in [4.78, 5) is 0. The van der Waals surface area contributed by atoms with Crippen LogP contribution in [0.1, 0.15) is 19.3 Å². The Morgan fingerprint density at radius 3 is 2.88 bits per heavy atom. The average Bonchev–Trinajstić information content (AvgIpc) is 2.31. The van der Waals surface area contributed by atoms with Crippen LogP contribution in [-0.4, -0.2) is 17.6 Å². The average molecular weight is 260 g/mol. The Balaban J connectivity index is 2.32. The summed E-state index contributed by atoms with van der Waals surface area (Å²) >= 11 is 5.84. The molecule has 4 N–H and O–H groups in total. The van der Waals surface area contributed by atoms with Crippen LogP contribution in [0, 0.1) is 5.82 Å². The lowest BCUT2D eigenvalue weighted by Gasteiger charge is -2.08. The van der Waals surface area contributed by atoms with E-state index in [9.17, 15) is 4.39 Å². The molecule has 0 fully saturated rings. The predicted molar refractivity (Wildman–Crippen MR) is 67.2 cm³/mol. The van der Waals surface area contributed by atoms with Crippen molar-refractivity contribution in [2.24, 2.45) is 10.9 Å². The Morgan fingerprint density at radius 1 is 1.47 bits per heavy atom. The number of halogens is 2. The molecule has 0 radical (unpaired) electrons. The number of hydrogen-bond acceptors (Lipinski definition) is 3. The normalized spacial score (nSPS) is 11.5. The van der Waals surface area contributed by atoms with Crippen molar-refractivity contribution in [3.8, 4) is 0 Å². The molecule has 1 aromatic carbocycles. The number of nitrogens with two attached hydrogens (primary N) is 1. The summed E-state index contributed by atoms with van der Waals surface area (Å²) in [5.41, 5.74) is 5.63. The maximum Gasteiger partial charge on any atom is 0.147 e. The highest BCUT2D eigenvalue weighted by molar-refractivity contribution is 6.33. The summed E-state index contributed by atoms with van der Waals surface area (Å²) in [6.45, 7) is 0.583. The van der Waals surface area contributed by atoms with Crippen LogP contribution in [0.15, 0.2) is 23.4 Å².